The van der Waals surface area contributed by atoms with E-state index < -0.39 is 5.91 Å². The van der Waals surface area contributed by atoms with Crippen LogP contribution >= 0.6 is 0 Å². The van der Waals surface area contributed by atoms with E-state index in [2.05, 4.69) is 0 Å². The van der Waals surface area contributed by atoms with Gasteiger partial charge in [-0.15, -0.1) is 0 Å². The van der Waals surface area contributed by atoms with E-state index in [-0.39, 0.29) is 12.4 Å². The maximum atomic E-state index is 11.3. The molecule has 0 aliphatic carbocycles. The van der Waals surface area contributed by atoms with Gasteiger partial charge in [0.25, 0.3) is 5.91 Å². The van der Waals surface area contributed by atoms with E-state index in [4.69, 9.17) is 20.9 Å². The van der Waals surface area contributed by atoms with Gasteiger partial charge in [0.1, 0.15) is 5.75 Å². The molecule has 0 saturated heterocycles. The summed E-state index contributed by atoms with van der Waals surface area (Å²) < 4.78 is 10.8. The number of ether oxygens (including phenoxy) is 2. The quantitative estimate of drug-likeness (QED) is 0.478. The van der Waals surface area contributed by atoms with E-state index in [1.807, 2.05) is 30.3 Å². The van der Waals surface area contributed by atoms with Crippen molar-refractivity contribution in [2.75, 3.05) is 12.5 Å². The second kappa shape index (κ2) is 6.58. The van der Waals surface area contributed by atoms with Crippen molar-refractivity contribution in [2.45, 2.75) is 6.61 Å². The number of benzene rings is 2. The summed E-state index contributed by atoms with van der Waals surface area (Å²) in [6.07, 6.45) is 0. The summed E-state index contributed by atoms with van der Waals surface area (Å²) in [5.74, 6) is -0.227. The zero-order valence-electron chi connectivity index (χ0n) is 10.9. The fraction of sp³-hybridized carbons (Fsp3) is 0.133. The first-order valence-corrected chi connectivity index (χ1v) is 6.10. The van der Waals surface area contributed by atoms with Crippen LogP contribution in [0.1, 0.15) is 15.9 Å². The number of carbonyl (C=O) groups is 1. The minimum atomic E-state index is -0.588. The van der Waals surface area contributed by atoms with Crippen molar-refractivity contribution in [3.63, 3.8) is 0 Å². The lowest BCUT2D eigenvalue weighted by molar-refractivity contribution is 0.00468. The maximum absolute atomic E-state index is 11.3. The Bertz CT molecular complexity index is 585. The molecular formula is C15H16N2O3. The van der Waals surface area contributed by atoms with E-state index in [0.717, 1.165) is 5.56 Å². The fourth-order valence-corrected chi connectivity index (χ4v) is 1.70. The third kappa shape index (κ3) is 3.73. The number of anilines is 1. The van der Waals surface area contributed by atoms with Crippen molar-refractivity contribution < 1.29 is 14.3 Å². The van der Waals surface area contributed by atoms with Gasteiger partial charge in [-0.1, -0.05) is 30.3 Å². The number of primary amides is 1. The molecule has 0 aliphatic heterocycles. The molecule has 0 spiro atoms. The smallest absolute Gasteiger partial charge is 0.252 e. The minimum Gasteiger partial charge on any atom is -0.467 e. The Labute approximate surface area is 117 Å². The number of nitrogen functional groups attached to an aromatic ring is 1. The highest BCUT2D eigenvalue weighted by Crippen LogP contribution is 2.21. The van der Waals surface area contributed by atoms with Crippen molar-refractivity contribution in [1.29, 1.82) is 0 Å². The Kier molecular flexibility index (Phi) is 4.57. The molecule has 2 aromatic rings. The van der Waals surface area contributed by atoms with E-state index in [9.17, 15) is 4.79 Å². The molecule has 0 aromatic heterocycles. The summed E-state index contributed by atoms with van der Waals surface area (Å²) in [4.78, 5) is 11.3. The van der Waals surface area contributed by atoms with Gasteiger partial charge in [0.15, 0.2) is 6.79 Å². The average molecular weight is 272 g/mol. The van der Waals surface area contributed by atoms with Crippen molar-refractivity contribution in [2.24, 2.45) is 5.73 Å². The van der Waals surface area contributed by atoms with Crippen LogP contribution in [-0.4, -0.2) is 12.7 Å². The SMILES string of the molecule is NC(=O)c1cc(N)ccc1OCOCc1ccccc1. The van der Waals surface area contributed by atoms with Crippen LogP contribution in [0, 0.1) is 0 Å². The Morgan fingerprint density at radius 2 is 1.85 bits per heavy atom. The summed E-state index contributed by atoms with van der Waals surface area (Å²) >= 11 is 0. The fourth-order valence-electron chi connectivity index (χ4n) is 1.70. The Morgan fingerprint density at radius 1 is 1.10 bits per heavy atom. The highest BCUT2D eigenvalue weighted by molar-refractivity contribution is 5.96. The topological polar surface area (TPSA) is 87.6 Å². The summed E-state index contributed by atoms with van der Waals surface area (Å²) in [5.41, 5.74) is 12.6. The van der Waals surface area contributed by atoms with Gasteiger partial charge in [0.05, 0.1) is 12.2 Å². The lowest BCUT2D eigenvalue weighted by Gasteiger charge is -2.10. The predicted molar refractivity (Wildman–Crippen MR) is 76.1 cm³/mol. The molecule has 0 radical (unpaired) electrons. The van der Waals surface area contributed by atoms with Gasteiger partial charge in [-0.05, 0) is 23.8 Å². The molecule has 20 heavy (non-hydrogen) atoms. The van der Waals surface area contributed by atoms with E-state index in [1.165, 1.54) is 6.07 Å². The molecule has 0 atom stereocenters. The maximum Gasteiger partial charge on any atom is 0.252 e. The van der Waals surface area contributed by atoms with Crippen LogP contribution in [0.5, 0.6) is 5.75 Å². The van der Waals surface area contributed by atoms with Crippen LogP contribution in [0.3, 0.4) is 0 Å². The molecule has 4 N–H and O–H groups in total. The number of amides is 1. The molecule has 0 saturated carbocycles. The van der Waals surface area contributed by atoms with Crippen molar-refractivity contribution in [3.05, 3.63) is 59.7 Å². The first kappa shape index (κ1) is 13.9. The third-order valence-electron chi connectivity index (χ3n) is 2.68. The summed E-state index contributed by atoms with van der Waals surface area (Å²) in [5, 5.41) is 0. The average Bonchev–Trinajstić information content (AvgIpc) is 2.45. The van der Waals surface area contributed by atoms with Crippen LogP contribution in [-0.2, 0) is 11.3 Å². The number of rotatable bonds is 6. The minimum absolute atomic E-state index is 0.0269. The van der Waals surface area contributed by atoms with Crippen LogP contribution < -0.4 is 16.2 Å². The van der Waals surface area contributed by atoms with Gasteiger partial charge in [-0.3, -0.25) is 4.79 Å². The third-order valence-corrected chi connectivity index (χ3v) is 2.68. The van der Waals surface area contributed by atoms with Crippen molar-refractivity contribution in [1.82, 2.24) is 0 Å². The zero-order valence-corrected chi connectivity index (χ0v) is 10.9. The Morgan fingerprint density at radius 3 is 2.55 bits per heavy atom. The monoisotopic (exact) mass is 272 g/mol. The highest BCUT2D eigenvalue weighted by atomic mass is 16.7. The largest absolute Gasteiger partial charge is 0.467 e. The number of hydrogen-bond acceptors (Lipinski definition) is 4. The second-order valence-corrected chi connectivity index (χ2v) is 4.22. The van der Waals surface area contributed by atoms with Gasteiger partial charge in [-0.25, -0.2) is 0 Å². The first-order chi connectivity index (χ1) is 9.66. The van der Waals surface area contributed by atoms with Gasteiger partial charge >= 0.3 is 0 Å². The molecule has 0 aliphatic rings. The normalized spacial score (nSPS) is 10.2. The van der Waals surface area contributed by atoms with E-state index >= 15 is 0 Å². The standard InChI is InChI=1S/C15H16N2O3/c16-12-6-7-14(13(8-12)15(17)18)20-10-19-9-11-4-2-1-3-5-11/h1-8H,9-10,16H2,(H2,17,18). The van der Waals surface area contributed by atoms with Gasteiger partial charge < -0.3 is 20.9 Å². The van der Waals surface area contributed by atoms with Crippen LogP contribution in [0.25, 0.3) is 0 Å². The summed E-state index contributed by atoms with van der Waals surface area (Å²) in [6, 6.07) is 14.4. The molecule has 104 valence electrons. The van der Waals surface area contributed by atoms with Crippen LogP contribution in [0.15, 0.2) is 48.5 Å². The van der Waals surface area contributed by atoms with Crippen molar-refractivity contribution >= 4 is 11.6 Å². The summed E-state index contributed by atoms with van der Waals surface area (Å²) in [7, 11) is 0. The number of carbonyl (C=O) groups excluding carboxylic acids is 1. The van der Waals surface area contributed by atoms with Gasteiger partial charge in [-0.2, -0.15) is 0 Å². The van der Waals surface area contributed by atoms with Gasteiger partial charge in [0, 0.05) is 5.69 Å². The van der Waals surface area contributed by atoms with E-state index in [0.29, 0.717) is 18.0 Å². The molecular weight excluding hydrogens is 256 g/mol. The first-order valence-electron chi connectivity index (χ1n) is 6.10. The highest BCUT2D eigenvalue weighted by Gasteiger charge is 2.09. The lowest BCUT2D eigenvalue weighted by Crippen LogP contribution is -2.14. The summed E-state index contributed by atoms with van der Waals surface area (Å²) in [6.45, 7) is 0.459. The molecule has 0 bridgehead atoms. The molecule has 0 heterocycles. The number of hydrogen-bond donors (Lipinski definition) is 2. The lowest BCUT2D eigenvalue weighted by atomic mass is 10.1. The van der Waals surface area contributed by atoms with Gasteiger partial charge in [0.2, 0.25) is 0 Å². The predicted octanol–water partition coefficient (Wildman–Crippen LogP) is 1.92. The zero-order chi connectivity index (χ0) is 14.4. The molecule has 5 nitrogen and oxygen atoms in total. The second-order valence-electron chi connectivity index (χ2n) is 4.22. The molecule has 2 aromatic carbocycles. The van der Waals surface area contributed by atoms with Crippen molar-refractivity contribution in [3.8, 4) is 5.75 Å². The molecule has 5 heteroatoms. The number of nitrogens with two attached hydrogens (primary N) is 2. The van der Waals surface area contributed by atoms with Crippen LogP contribution in [0.2, 0.25) is 0 Å². The van der Waals surface area contributed by atoms with Crippen LogP contribution in [0.4, 0.5) is 5.69 Å². The molecule has 2 rings (SSSR count). The Balaban J connectivity index is 1.90. The molecule has 0 unspecified atom stereocenters. The van der Waals surface area contributed by atoms with E-state index in [1.54, 1.807) is 12.1 Å². The molecule has 0 fully saturated rings. The molecule has 1 amide bonds. The Hall–Kier alpha value is -2.53.